The van der Waals surface area contributed by atoms with Gasteiger partial charge in [0.15, 0.2) is 0 Å². The average Bonchev–Trinajstić information content (AvgIpc) is 3.10. The fraction of sp³-hybridized carbons (Fsp3) is 0.619. The zero-order valence-corrected chi connectivity index (χ0v) is 16.6. The lowest BCUT2D eigenvalue weighted by molar-refractivity contribution is 0.0338. The zero-order valence-electron chi connectivity index (χ0n) is 16.6. The molecule has 3 aliphatic heterocycles. The molecule has 2 aromatic rings. The highest BCUT2D eigenvalue weighted by molar-refractivity contribution is 5.22. The number of aromatic nitrogens is 3. The number of aryl methyl sites for hydroxylation is 1. The average molecular weight is 383 g/mol. The molecule has 5 rings (SSSR count). The van der Waals surface area contributed by atoms with Crippen molar-refractivity contribution in [1.29, 1.82) is 0 Å². The number of nitrogens with one attached hydrogen (secondary N) is 1. The Morgan fingerprint density at radius 2 is 2.00 bits per heavy atom. The topological polar surface area (TPSA) is 66.4 Å². The van der Waals surface area contributed by atoms with E-state index in [0.717, 1.165) is 76.0 Å². The lowest BCUT2D eigenvalue weighted by Gasteiger charge is -2.43. The van der Waals surface area contributed by atoms with Crippen molar-refractivity contribution in [3.63, 3.8) is 0 Å². The Balaban J connectivity index is 1.35. The van der Waals surface area contributed by atoms with E-state index in [1.54, 1.807) is 6.33 Å². The van der Waals surface area contributed by atoms with Gasteiger partial charge in [0.2, 0.25) is 0 Å². The normalized spacial score (nSPS) is 25.6. The van der Waals surface area contributed by atoms with Crippen LogP contribution in [0.5, 0.6) is 0 Å². The summed E-state index contributed by atoms with van der Waals surface area (Å²) < 4.78 is 7.50. The van der Waals surface area contributed by atoms with E-state index in [9.17, 15) is 4.79 Å². The highest BCUT2D eigenvalue weighted by Crippen LogP contribution is 2.35. The molecule has 7 heteroatoms. The van der Waals surface area contributed by atoms with E-state index in [4.69, 9.17) is 4.74 Å². The Morgan fingerprint density at radius 1 is 1.14 bits per heavy atom. The molecule has 2 aromatic heterocycles. The Morgan fingerprint density at radius 3 is 2.79 bits per heavy atom. The summed E-state index contributed by atoms with van der Waals surface area (Å²) in [7, 11) is 0. The highest BCUT2D eigenvalue weighted by Gasteiger charge is 2.35. The van der Waals surface area contributed by atoms with Crippen LogP contribution in [0.15, 0.2) is 23.3 Å². The SMILES string of the molecule is Cc1[nH]cnc1CN1C[C@@H]2C[C@H](C1)c1ccc(CN3CCOCC3)c(=O)n1C2. The van der Waals surface area contributed by atoms with Crippen LogP contribution in [-0.4, -0.2) is 63.7 Å². The number of nitrogens with zero attached hydrogens (tertiary/aromatic N) is 4. The monoisotopic (exact) mass is 383 g/mol. The van der Waals surface area contributed by atoms with E-state index in [1.165, 1.54) is 12.1 Å². The second-order valence-electron chi connectivity index (χ2n) is 8.55. The highest BCUT2D eigenvalue weighted by atomic mass is 16.5. The Hall–Kier alpha value is -1.96. The van der Waals surface area contributed by atoms with Crippen LogP contribution in [0.25, 0.3) is 0 Å². The molecule has 2 atom stereocenters. The molecule has 0 saturated carbocycles. The number of ether oxygens (including phenoxy) is 1. The second-order valence-corrected chi connectivity index (χ2v) is 8.55. The summed E-state index contributed by atoms with van der Waals surface area (Å²) in [5.74, 6) is 0.985. The molecule has 0 spiro atoms. The van der Waals surface area contributed by atoms with Gasteiger partial charge >= 0.3 is 0 Å². The van der Waals surface area contributed by atoms with Crippen molar-refractivity contribution in [1.82, 2.24) is 24.3 Å². The number of H-pyrrole nitrogens is 1. The summed E-state index contributed by atoms with van der Waals surface area (Å²) in [6.45, 7) is 9.96. The predicted octanol–water partition coefficient (Wildman–Crippen LogP) is 1.33. The van der Waals surface area contributed by atoms with E-state index >= 15 is 0 Å². The summed E-state index contributed by atoms with van der Waals surface area (Å²) in [4.78, 5) is 25.7. The minimum Gasteiger partial charge on any atom is -0.379 e. The number of fused-ring (bicyclic) bond motifs is 4. The van der Waals surface area contributed by atoms with Crippen LogP contribution >= 0.6 is 0 Å². The third-order valence-electron chi connectivity index (χ3n) is 6.56. The molecule has 28 heavy (non-hydrogen) atoms. The minimum absolute atomic E-state index is 0.218. The molecule has 2 bridgehead atoms. The maximum Gasteiger partial charge on any atom is 0.255 e. The summed E-state index contributed by atoms with van der Waals surface area (Å²) in [5.41, 5.74) is 4.65. The third-order valence-corrected chi connectivity index (χ3v) is 6.56. The number of rotatable bonds is 4. The molecule has 0 aromatic carbocycles. The van der Waals surface area contributed by atoms with Gasteiger partial charge < -0.3 is 14.3 Å². The number of aromatic amines is 1. The molecule has 7 nitrogen and oxygen atoms in total. The standard InChI is InChI=1S/C21H29N5O2/c1-15-19(23-14-22-15)13-25-9-16-8-18(12-25)20-3-2-17(21(27)26(20)10-16)11-24-4-6-28-7-5-24/h2-3,14,16,18H,4-13H2,1H3,(H,22,23)/t16-,18+/m0/s1. The largest absolute Gasteiger partial charge is 0.379 e. The molecule has 0 amide bonds. The smallest absolute Gasteiger partial charge is 0.255 e. The maximum absolute atomic E-state index is 13.2. The number of likely N-dealkylation sites (tertiary alicyclic amines) is 1. The lowest BCUT2D eigenvalue weighted by atomic mass is 9.83. The summed E-state index contributed by atoms with van der Waals surface area (Å²) in [6, 6.07) is 4.28. The van der Waals surface area contributed by atoms with Crippen LogP contribution in [0, 0.1) is 12.8 Å². The van der Waals surface area contributed by atoms with Crippen molar-refractivity contribution in [3.05, 3.63) is 51.5 Å². The first-order chi connectivity index (χ1) is 13.7. The molecule has 3 aliphatic rings. The summed E-state index contributed by atoms with van der Waals surface area (Å²) >= 11 is 0. The van der Waals surface area contributed by atoms with E-state index in [-0.39, 0.29) is 5.56 Å². The first-order valence-corrected chi connectivity index (χ1v) is 10.4. The van der Waals surface area contributed by atoms with Crippen molar-refractivity contribution >= 4 is 0 Å². The Kier molecular flexibility index (Phi) is 4.82. The van der Waals surface area contributed by atoms with Gasteiger partial charge in [-0.25, -0.2) is 4.98 Å². The number of morpholine rings is 1. The van der Waals surface area contributed by atoms with Gasteiger partial charge in [-0.1, -0.05) is 6.07 Å². The molecular formula is C21H29N5O2. The molecule has 150 valence electrons. The molecule has 5 heterocycles. The van der Waals surface area contributed by atoms with Gasteiger partial charge in [0, 0.05) is 68.7 Å². The summed E-state index contributed by atoms with van der Waals surface area (Å²) in [5, 5.41) is 0. The van der Waals surface area contributed by atoms with Crippen LogP contribution in [0.2, 0.25) is 0 Å². The summed E-state index contributed by atoms with van der Waals surface area (Å²) in [6.07, 6.45) is 2.97. The van der Waals surface area contributed by atoms with Crippen molar-refractivity contribution < 1.29 is 4.74 Å². The quantitative estimate of drug-likeness (QED) is 0.863. The van der Waals surface area contributed by atoms with Gasteiger partial charge in [-0.2, -0.15) is 0 Å². The van der Waals surface area contributed by atoms with Crippen LogP contribution in [0.3, 0.4) is 0 Å². The van der Waals surface area contributed by atoms with Gasteiger partial charge in [-0.15, -0.1) is 0 Å². The van der Waals surface area contributed by atoms with E-state index in [0.29, 0.717) is 11.8 Å². The first-order valence-electron chi connectivity index (χ1n) is 10.4. The fourth-order valence-electron chi connectivity index (χ4n) is 5.10. The lowest BCUT2D eigenvalue weighted by Crippen LogP contribution is -2.47. The van der Waals surface area contributed by atoms with Gasteiger partial charge in [0.05, 0.1) is 25.2 Å². The van der Waals surface area contributed by atoms with Crippen LogP contribution in [0.1, 0.15) is 35.0 Å². The van der Waals surface area contributed by atoms with Crippen molar-refractivity contribution in [3.8, 4) is 0 Å². The van der Waals surface area contributed by atoms with E-state index < -0.39 is 0 Å². The molecule has 1 N–H and O–H groups in total. The third kappa shape index (κ3) is 3.43. The van der Waals surface area contributed by atoms with Gasteiger partial charge in [-0.05, 0) is 25.3 Å². The minimum atomic E-state index is 0.218. The molecular weight excluding hydrogens is 354 g/mol. The van der Waals surface area contributed by atoms with Crippen molar-refractivity contribution in [2.45, 2.75) is 38.9 Å². The fourth-order valence-corrected chi connectivity index (χ4v) is 5.10. The molecule has 0 unspecified atom stereocenters. The zero-order chi connectivity index (χ0) is 19.1. The number of hydrogen-bond acceptors (Lipinski definition) is 5. The second kappa shape index (κ2) is 7.46. The van der Waals surface area contributed by atoms with Gasteiger partial charge in [-0.3, -0.25) is 14.6 Å². The predicted molar refractivity (Wildman–Crippen MR) is 106 cm³/mol. The van der Waals surface area contributed by atoms with Crippen LogP contribution in [0.4, 0.5) is 0 Å². The first kappa shape index (κ1) is 18.1. The van der Waals surface area contributed by atoms with E-state index in [1.807, 2.05) is 0 Å². The van der Waals surface area contributed by atoms with Crippen molar-refractivity contribution in [2.24, 2.45) is 5.92 Å². The Labute approximate surface area is 165 Å². The number of pyridine rings is 1. The number of imidazole rings is 1. The van der Waals surface area contributed by atoms with E-state index in [2.05, 4.69) is 43.4 Å². The molecule has 0 aliphatic carbocycles. The molecule has 0 radical (unpaired) electrons. The Bertz CT molecular complexity index is 898. The molecule has 2 fully saturated rings. The molecule has 2 saturated heterocycles. The van der Waals surface area contributed by atoms with Gasteiger partial charge in [0.1, 0.15) is 0 Å². The van der Waals surface area contributed by atoms with Crippen LogP contribution in [-0.2, 0) is 24.4 Å². The van der Waals surface area contributed by atoms with Crippen LogP contribution < -0.4 is 5.56 Å². The van der Waals surface area contributed by atoms with Crippen molar-refractivity contribution in [2.75, 3.05) is 39.4 Å². The maximum atomic E-state index is 13.2. The van der Waals surface area contributed by atoms with Gasteiger partial charge in [0.25, 0.3) is 5.56 Å². The number of hydrogen-bond donors (Lipinski definition) is 1. The number of piperidine rings is 1.